The Hall–Kier alpha value is -4.64. The fourth-order valence-electron chi connectivity index (χ4n) is 3.55. The van der Waals surface area contributed by atoms with Crippen molar-refractivity contribution in [2.24, 2.45) is 0 Å². The lowest BCUT2D eigenvalue weighted by molar-refractivity contribution is -0.384. The van der Waals surface area contributed by atoms with E-state index in [1.807, 2.05) is 0 Å². The third-order valence-electron chi connectivity index (χ3n) is 5.32. The number of nitrogens with zero attached hydrogens (tertiary/aromatic N) is 2. The molecule has 0 unspecified atom stereocenters. The number of nitrogens with one attached hydrogen (secondary N) is 1. The minimum Gasteiger partial charge on any atom is -0.490 e. The van der Waals surface area contributed by atoms with Crippen LogP contribution in [-0.2, 0) is 16.2 Å². The summed E-state index contributed by atoms with van der Waals surface area (Å²) in [6.45, 7) is 2.24. The summed E-state index contributed by atoms with van der Waals surface area (Å²) in [5, 5.41) is 13.0. The van der Waals surface area contributed by atoms with Gasteiger partial charge in [0.1, 0.15) is 18.0 Å². The van der Waals surface area contributed by atoms with Gasteiger partial charge in [-0.25, -0.2) is 9.29 Å². The summed E-state index contributed by atoms with van der Waals surface area (Å²) in [7, 11) is 0. The highest BCUT2D eigenvalue weighted by molar-refractivity contribution is 7.80. The lowest BCUT2D eigenvalue weighted by Gasteiger charge is -2.29. The fraction of sp³-hybridized carbons (Fsp3) is 0.115. The summed E-state index contributed by atoms with van der Waals surface area (Å²) in [6, 6.07) is 16.4. The SMILES string of the molecule is CCOc1cc(/C=C2\C(=O)NC(=S)N(c3ccccc3F)C2=O)ccc1OCc1ccc([N+](=O)[O-])cc1. The number of para-hydroxylation sites is 1. The van der Waals surface area contributed by atoms with Gasteiger partial charge < -0.3 is 9.47 Å². The fourth-order valence-corrected chi connectivity index (χ4v) is 3.83. The van der Waals surface area contributed by atoms with Crippen molar-refractivity contribution in [2.75, 3.05) is 11.5 Å². The van der Waals surface area contributed by atoms with E-state index in [1.165, 1.54) is 36.4 Å². The average Bonchev–Trinajstić information content (AvgIpc) is 2.87. The van der Waals surface area contributed by atoms with Crippen molar-refractivity contribution in [1.82, 2.24) is 5.32 Å². The number of anilines is 1. The lowest BCUT2D eigenvalue weighted by Crippen LogP contribution is -2.54. The highest BCUT2D eigenvalue weighted by Crippen LogP contribution is 2.31. The predicted octanol–water partition coefficient (Wildman–Crippen LogP) is 4.54. The van der Waals surface area contributed by atoms with Gasteiger partial charge in [-0.3, -0.25) is 25.0 Å². The molecule has 1 heterocycles. The van der Waals surface area contributed by atoms with E-state index in [9.17, 15) is 24.1 Å². The third kappa shape index (κ3) is 5.62. The molecule has 1 fully saturated rings. The molecule has 0 saturated carbocycles. The first-order chi connectivity index (χ1) is 17.8. The molecule has 37 heavy (non-hydrogen) atoms. The Labute approximate surface area is 216 Å². The molecule has 3 aromatic rings. The van der Waals surface area contributed by atoms with Crippen LogP contribution in [-0.4, -0.2) is 28.5 Å². The second-order valence-electron chi connectivity index (χ2n) is 7.76. The van der Waals surface area contributed by atoms with Crippen molar-refractivity contribution in [2.45, 2.75) is 13.5 Å². The second-order valence-corrected chi connectivity index (χ2v) is 8.15. The topological polar surface area (TPSA) is 111 Å². The molecule has 11 heteroatoms. The van der Waals surface area contributed by atoms with Crippen molar-refractivity contribution in [3.05, 3.63) is 99.4 Å². The number of amides is 2. The molecule has 0 aliphatic carbocycles. The Bertz CT molecular complexity index is 1420. The van der Waals surface area contributed by atoms with Crippen molar-refractivity contribution in [3.63, 3.8) is 0 Å². The van der Waals surface area contributed by atoms with E-state index in [-0.39, 0.29) is 28.7 Å². The Morgan fingerprint density at radius 2 is 1.78 bits per heavy atom. The predicted molar refractivity (Wildman–Crippen MR) is 138 cm³/mol. The van der Waals surface area contributed by atoms with Crippen molar-refractivity contribution in [1.29, 1.82) is 0 Å². The van der Waals surface area contributed by atoms with Crippen LogP contribution in [0.3, 0.4) is 0 Å². The number of nitro groups is 1. The first-order valence-corrected chi connectivity index (χ1v) is 11.5. The van der Waals surface area contributed by atoms with Gasteiger partial charge in [-0.2, -0.15) is 0 Å². The largest absolute Gasteiger partial charge is 0.490 e. The van der Waals surface area contributed by atoms with Gasteiger partial charge in [0, 0.05) is 12.1 Å². The van der Waals surface area contributed by atoms with E-state index >= 15 is 0 Å². The maximum atomic E-state index is 14.4. The number of benzene rings is 3. The third-order valence-corrected chi connectivity index (χ3v) is 5.60. The Morgan fingerprint density at radius 1 is 1.05 bits per heavy atom. The molecule has 4 rings (SSSR count). The van der Waals surface area contributed by atoms with Crippen molar-refractivity contribution in [3.8, 4) is 11.5 Å². The van der Waals surface area contributed by atoms with E-state index in [0.717, 1.165) is 4.90 Å². The molecular weight excluding hydrogens is 501 g/mol. The number of halogens is 1. The Morgan fingerprint density at radius 3 is 2.46 bits per heavy atom. The minimum atomic E-state index is -0.768. The van der Waals surface area contributed by atoms with Gasteiger partial charge in [-0.05, 0) is 72.7 Å². The van der Waals surface area contributed by atoms with Gasteiger partial charge >= 0.3 is 0 Å². The first-order valence-electron chi connectivity index (χ1n) is 11.1. The standard InChI is InChI=1S/C26H20FN3O6S/c1-2-35-23-14-17(9-12-22(23)36-15-16-7-10-18(11-8-16)30(33)34)13-19-24(31)28-26(37)29(25(19)32)21-6-4-3-5-20(21)27/h3-14H,2,15H2,1H3,(H,28,31,37)/b19-13+. The van der Waals surface area contributed by atoms with Gasteiger partial charge in [0.2, 0.25) is 0 Å². The zero-order valence-corrected chi connectivity index (χ0v) is 20.3. The van der Waals surface area contributed by atoms with Crippen LogP contribution >= 0.6 is 12.2 Å². The van der Waals surface area contributed by atoms with Crippen LogP contribution in [0.15, 0.2) is 72.3 Å². The van der Waals surface area contributed by atoms with E-state index in [4.69, 9.17) is 21.7 Å². The monoisotopic (exact) mass is 521 g/mol. The highest BCUT2D eigenvalue weighted by Gasteiger charge is 2.35. The first kappa shape index (κ1) is 25.5. The van der Waals surface area contributed by atoms with Crippen LogP contribution in [0.25, 0.3) is 6.08 Å². The zero-order chi connectivity index (χ0) is 26.5. The number of carbonyl (C=O) groups is 2. The molecule has 0 aromatic heterocycles. The van der Waals surface area contributed by atoms with Gasteiger partial charge in [0.05, 0.1) is 17.2 Å². The number of hydrogen-bond acceptors (Lipinski definition) is 7. The van der Waals surface area contributed by atoms with Gasteiger partial charge in [-0.15, -0.1) is 0 Å². The van der Waals surface area contributed by atoms with Crippen LogP contribution in [0.4, 0.5) is 15.8 Å². The Balaban J connectivity index is 1.59. The van der Waals surface area contributed by atoms with Crippen LogP contribution in [0.2, 0.25) is 0 Å². The number of nitro benzene ring substituents is 1. The molecule has 1 saturated heterocycles. The quantitative estimate of drug-likeness (QED) is 0.152. The molecule has 2 amide bonds. The van der Waals surface area contributed by atoms with Gasteiger partial charge in [-0.1, -0.05) is 18.2 Å². The summed E-state index contributed by atoms with van der Waals surface area (Å²) < 4.78 is 25.9. The molecule has 1 aliphatic rings. The number of hydrogen-bond donors (Lipinski definition) is 1. The van der Waals surface area contributed by atoms with E-state index < -0.39 is 22.6 Å². The number of thiocarbonyl (C=S) groups is 1. The molecule has 0 bridgehead atoms. The molecular formula is C26H20FN3O6S. The molecule has 0 spiro atoms. The van der Waals surface area contributed by atoms with Crippen LogP contribution < -0.4 is 19.7 Å². The molecule has 0 atom stereocenters. The molecule has 0 radical (unpaired) electrons. The van der Waals surface area contributed by atoms with Crippen molar-refractivity contribution < 1.29 is 28.4 Å². The summed E-state index contributed by atoms with van der Waals surface area (Å²) in [6.07, 6.45) is 1.36. The Kier molecular flexibility index (Phi) is 7.54. The van der Waals surface area contributed by atoms with Gasteiger partial charge in [0.25, 0.3) is 17.5 Å². The second kappa shape index (κ2) is 11.0. The lowest BCUT2D eigenvalue weighted by atomic mass is 10.1. The van der Waals surface area contributed by atoms with Crippen molar-refractivity contribution >= 4 is 46.6 Å². The van der Waals surface area contributed by atoms with Crippen LogP contribution in [0.5, 0.6) is 11.5 Å². The normalized spacial score (nSPS) is 14.5. The zero-order valence-electron chi connectivity index (χ0n) is 19.5. The van der Waals surface area contributed by atoms with Crippen LogP contribution in [0, 0.1) is 15.9 Å². The minimum absolute atomic E-state index is 0.0215. The maximum Gasteiger partial charge on any atom is 0.270 e. The van der Waals surface area contributed by atoms with Crippen LogP contribution in [0.1, 0.15) is 18.1 Å². The molecule has 9 nitrogen and oxygen atoms in total. The number of ether oxygens (including phenoxy) is 2. The number of carbonyl (C=O) groups excluding carboxylic acids is 2. The molecule has 1 aliphatic heterocycles. The molecule has 1 N–H and O–H groups in total. The van der Waals surface area contributed by atoms with E-state index in [0.29, 0.717) is 29.2 Å². The van der Waals surface area contributed by atoms with E-state index in [2.05, 4.69) is 5.32 Å². The molecule has 3 aromatic carbocycles. The number of rotatable bonds is 8. The summed E-state index contributed by atoms with van der Waals surface area (Å²) in [5.41, 5.74) is 0.845. The van der Waals surface area contributed by atoms with Gasteiger partial charge in [0.15, 0.2) is 16.6 Å². The van der Waals surface area contributed by atoms with E-state index in [1.54, 1.807) is 43.3 Å². The summed E-state index contributed by atoms with van der Waals surface area (Å²) in [4.78, 5) is 37.0. The summed E-state index contributed by atoms with van der Waals surface area (Å²) >= 11 is 5.11. The highest BCUT2D eigenvalue weighted by atomic mass is 32.1. The average molecular weight is 522 g/mol. The smallest absolute Gasteiger partial charge is 0.270 e. The molecule has 188 valence electrons. The number of non-ortho nitro benzene ring substituents is 1. The summed E-state index contributed by atoms with van der Waals surface area (Å²) in [5.74, 6) is -1.38. The maximum absolute atomic E-state index is 14.4.